The van der Waals surface area contributed by atoms with E-state index in [2.05, 4.69) is 4.90 Å². The van der Waals surface area contributed by atoms with Crippen molar-refractivity contribution >= 4 is 17.3 Å². The van der Waals surface area contributed by atoms with Crippen molar-refractivity contribution in [2.24, 2.45) is 5.73 Å². The number of hydrogen-bond acceptors (Lipinski definition) is 3. The van der Waals surface area contributed by atoms with Gasteiger partial charge in [0.05, 0.1) is 16.9 Å². The minimum absolute atomic E-state index is 0.416. The van der Waals surface area contributed by atoms with Crippen molar-refractivity contribution in [2.75, 3.05) is 23.7 Å². The van der Waals surface area contributed by atoms with Crippen LogP contribution in [-0.2, 0) is 0 Å². The van der Waals surface area contributed by atoms with E-state index in [0.29, 0.717) is 11.3 Å². The molecule has 15 heavy (non-hydrogen) atoms. The molecule has 0 atom stereocenters. The van der Waals surface area contributed by atoms with Gasteiger partial charge in [-0.25, -0.2) is 0 Å². The highest BCUT2D eigenvalue weighted by Crippen LogP contribution is 2.28. The summed E-state index contributed by atoms with van der Waals surface area (Å²) in [6.45, 7) is 2.01. The highest BCUT2D eigenvalue weighted by molar-refractivity contribution is 6.00. The number of nitrogen functional groups attached to an aromatic ring is 1. The Bertz CT molecular complexity index is 383. The Hall–Kier alpha value is -1.71. The van der Waals surface area contributed by atoms with E-state index in [4.69, 9.17) is 11.5 Å². The number of anilines is 2. The second-order valence-electron chi connectivity index (χ2n) is 3.80. The van der Waals surface area contributed by atoms with E-state index < -0.39 is 5.91 Å². The molecule has 0 aliphatic carbocycles. The SMILES string of the molecule is NC(=O)c1cccc(N2CCCC2)c1N. The molecule has 1 saturated heterocycles. The fourth-order valence-corrected chi connectivity index (χ4v) is 2.00. The number of carbonyl (C=O) groups excluding carboxylic acids is 1. The number of rotatable bonds is 2. The third-order valence-corrected chi connectivity index (χ3v) is 2.80. The topological polar surface area (TPSA) is 72.4 Å². The zero-order valence-electron chi connectivity index (χ0n) is 8.57. The van der Waals surface area contributed by atoms with E-state index in [-0.39, 0.29) is 0 Å². The van der Waals surface area contributed by atoms with Crippen molar-refractivity contribution in [3.8, 4) is 0 Å². The molecule has 1 fully saturated rings. The Labute approximate surface area is 88.9 Å². The predicted octanol–water partition coefficient (Wildman–Crippen LogP) is 0.968. The highest BCUT2D eigenvalue weighted by atomic mass is 16.1. The lowest BCUT2D eigenvalue weighted by Gasteiger charge is -2.20. The van der Waals surface area contributed by atoms with Crippen molar-refractivity contribution in [3.05, 3.63) is 23.8 Å². The maximum atomic E-state index is 11.1. The Balaban J connectivity index is 2.39. The lowest BCUT2D eigenvalue weighted by molar-refractivity contribution is 0.100. The van der Waals surface area contributed by atoms with Crippen molar-refractivity contribution in [3.63, 3.8) is 0 Å². The van der Waals surface area contributed by atoms with E-state index in [1.54, 1.807) is 6.07 Å². The molecule has 4 nitrogen and oxygen atoms in total. The van der Waals surface area contributed by atoms with Crippen molar-refractivity contribution in [2.45, 2.75) is 12.8 Å². The molecular weight excluding hydrogens is 190 g/mol. The third-order valence-electron chi connectivity index (χ3n) is 2.80. The summed E-state index contributed by atoms with van der Waals surface area (Å²) in [7, 11) is 0. The molecule has 0 radical (unpaired) electrons. The maximum Gasteiger partial charge on any atom is 0.250 e. The summed E-state index contributed by atoms with van der Waals surface area (Å²) in [6, 6.07) is 5.43. The van der Waals surface area contributed by atoms with Gasteiger partial charge in [-0.3, -0.25) is 4.79 Å². The number of benzene rings is 1. The lowest BCUT2D eigenvalue weighted by atomic mass is 10.1. The average molecular weight is 205 g/mol. The molecule has 1 aromatic carbocycles. The first kappa shape index (κ1) is 9.83. The van der Waals surface area contributed by atoms with Crippen molar-refractivity contribution < 1.29 is 4.79 Å². The normalized spacial score (nSPS) is 15.6. The Kier molecular flexibility index (Phi) is 2.49. The van der Waals surface area contributed by atoms with E-state index in [1.165, 1.54) is 12.8 Å². The first-order chi connectivity index (χ1) is 7.20. The first-order valence-corrected chi connectivity index (χ1v) is 5.13. The van der Waals surface area contributed by atoms with E-state index >= 15 is 0 Å². The van der Waals surface area contributed by atoms with Gasteiger partial charge in [0.2, 0.25) is 0 Å². The first-order valence-electron chi connectivity index (χ1n) is 5.13. The summed E-state index contributed by atoms with van der Waals surface area (Å²) in [5, 5.41) is 0. The summed E-state index contributed by atoms with van der Waals surface area (Å²) < 4.78 is 0. The van der Waals surface area contributed by atoms with Gasteiger partial charge in [-0.1, -0.05) is 6.07 Å². The van der Waals surface area contributed by atoms with Gasteiger partial charge in [0.15, 0.2) is 0 Å². The fraction of sp³-hybridized carbons (Fsp3) is 0.364. The van der Waals surface area contributed by atoms with Gasteiger partial charge in [-0.2, -0.15) is 0 Å². The summed E-state index contributed by atoms with van der Waals surface area (Å²) in [4.78, 5) is 13.3. The van der Waals surface area contributed by atoms with Crippen LogP contribution in [0.3, 0.4) is 0 Å². The van der Waals surface area contributed by atoms with Crippen LogP contribution in [0.1, 0.15) is 23.2 Å². The fourth-order valence-electron chi connectivity index (χ4n) is 2.00. The summed E-state index contributed by atoms with van der Waals surface area (Å²) in [5.74, 6) is -0.464. The third kappa shape index (κ3) is 1.75. The Morgan fingerprint density at radius 2 is 1.93 bits per heavy atom. The van der Waals surface area contributed by atoms with Crippen LogP contribution in [0.15, 0.2) is 18.2 Å². The molecule has 80 valence electrons. The van der Waals surface area contributed by atoms with Crippen LogP contribution in [0, 0.1) is 0 Å². The van der Waals surface area contributed by atoms with Gasteiger partial charge < -0.3 is 16.4 Å². The van der Waals surface area contributed by atoms with E-state index in [1.807, 2.05) is 12.1 Å². The predicted molar refractivity (Wildman–Crippen MR) is 60.8 cm³/mol. The molecular formula is C11H15N3O. The highest BCUT2D eigenvalue weighted by Gasteiger charge is 2.17. The number of hydrogen-bond donors (Lipinski definition) is 2. The lowest BCUT2D eigenvalue weighted by Crippen LogP contribution is -2.21. The average Bonchev–Trinajstić information content (AvgIpc) is 2.70. The molecule has 0 bridgehead atoms. The monoisotopic (exact) mass is 205 g/mol. The van der Waals surface area contributed by atoms with Gasteiger partial charge in [0.1, 0.15) is 0 Å². The van der Waals surface area contributed by atoms with Gasteiger partial charge in [0, 0.05) is 13.1 Å². The molecule has 4 heteroatoms. The van der Waals surface area contributed by atoms with Crippen LogP contribution in [0.2, 0.25) is 0 Å². The molecule has 0 saturated carbocycles. The molecule has 0 unspecified atom stereocenters. The van der Waals surface area contributed by atoms with Crippen LogP contribution in [0.25, 0.3) is 0 Å². The van der Waals surface area contributed by atoms with Crippen LogP contribution in [0.5, 0.6) is 0 Å². The molecule has 1 aromatic rings. The van der Waals surface area contributed by atoms with Gasteiger partial charge in [-0.05, 0) is 25.0 Å². The quantitative estimate of drug-likeness (QED) is 0.706. The van der Waals surface area contributed by atoms with Gasteiger partial charge in [0.25, 0.3) is 5.91 Å². The maximum absolute atomic E-state index is 11.1. The molecule has 2 rings (SSSR count). The van der Waals surface area contributed by atoms with Gasteiger partial charge >= 0.3 is 0 Å². The van der Waals surface area contributed by atoms with E-state index in [9.17, 15) is 4.79 Å². The van der Waals surface area contributed by atoms with Crippen LogP contribution in [0.4, 0.5) is 11.4 Å². The largest absolute Gasteiger partial charge is 0.396 e. The zero-order valence-corrected chi connectivity index (χ0v) is 8.57. The Morgan fingerprint density at radius 3 is 2.53 bits per heavy atom. The number of nitrogens with zero attached hydrogens (tertiary/aromatic N) is 1. The molecule has 1 aliphatic rings. The van der Waals surface area contributed by atoms with Gasteiger partial charge in [-0.15, -0.1) is 0 Å². The molecule has 0 aromatic heterocycles. The summed E-state index contributed by atoms with van der Waals surface area (Å²) in [6.07, 6.45) is 2.36. The second kappa shape index (κ2) is 3.81. The minimum atomic E-state index is -0.464. The number of nitrogens with two attached hydrogens (primary N) is 2. The summed E-state index contributed by atoms with van der Waals surface area (Å²) in [5.41, 5.74) is 13.0. The van der Waals surface area contributed by atoms with Crippen molar-refractivity contribution in [1.82, 2.24) is 0 Å². The molecule has 1 heterocycles. The minimum Gasteiger partial charge on any atom is -0.396 e. The molecule has 4 N–H and O–H groups in total. The zero-order chi connectivity index (χ0) is 10.8. The van der Waals surface area contributed by atoms with Crippen molar-refractivity contribution in [1.29, 1.82) is 0 Å². The van der Waals surface area contributed by atoms with E-state index in [0.717, 1.165) is 18.8 Å². The Morgan fingerprint density at radius 1 is 1.27 bits per heavy atom. The standard InChI is InChI=1S/C11H15N3O/c12-10-8(11(13)15)4-3-5-9(10)14-6-1-2-7-14/h3-5H,1-2,6-7,12H2,(H2,13,15). The summed E-state index contributed by atoms with van der Waals surface area (Å²) >= 11 is 0. The second-order valence-corrected chi connectivity index (χ2v) is 3.80. The number of carbonyl (C=O) groups is 1. The molecule has 1 amide bonds. The van der Waals surface area contributed by atoms with Crippen LogP contribution < -0.4 is 16.4 Å². The van der Waals surface area contributed by atoms with Crippen LogP contribution >= 0.6 is 0 Å². The molecule has 0 spiro atoms. The number of para-hydroxylation sites is 1. The smallest absolute Gasteiger partial charge is 0.250 e. The van der Waals surface area contributed by atoms with Crippen LogP contribution in [-0.4, -0.2) is 19.0 Å². The number of amides is 1. The molecule has 1 aliphatic heterocycles. The number of primary amides is 1.